The van der Waals surface area contributed by atoms with Crippen LogP contribution >= 0.6 is 34.2 Å². The van der Waals surface area contributed by atoms with Gasteiger partial charge in [0.05, 0.1) is 22.5 Å². The molecule has 2 heterocycles. The van der Waals surface area contributed by atoms with E-state index in [0.717, 1.165) is 6.07 Å². The van der Waals surface area contributed by atoms with Crippen molar-refractivity contribution >= 4 is 62.3 Å². The maximum Gasteiger partial charge on any atom is 0.261 e. The minimum atomic E-state index is -0.749. The van der Waals surface area contributed by atoms with E-state index in [9.17, 15) is 14.0 Å². The minimum Gasteiger partial charge on any atom is -0.378 e. The van der Waals surface area contributed by atoms with Gasteiger partial charge in [-0.1, -0.05) is 11.6 Å². The van der Waals surface area contributed by atoms with Crippen LogP contribution in [0.25, 0.3) is 16.6 Å². The number of nitrogens with two attached hydrogens (primary N) is 1. The van der Waals surface area contributed by atoms with E-state index in [1.807, 2.05) is 11.3 Å². The third-order valence-corrected chi connectivity index (χ3v) is 5.96. The van der Waals surface area contributed by atoms with E-state index in [1.54, 1.807) is 25.5 Å². The second kappa shape index (κ2) is 7.55. The summed E-state index contributed by atoms with van der Waals surface area (Å²) in [5.41, 5.74) is 7.63. The molecule has 0 bridgehead atoms. The molecule has 0 saturated carbocycles. The fraction of sp³-hybridized carbons (Fsp3) is 0.150. The summed E-state index contributed by atoms with van der Waals surface area (Å²) in [6, 6.07) is 6.75. The molecular formula is C20H16ClFIN5O2. The molecule has 10 heteroatoms. The van der Waals surface area contributed by atoms with Gasteiger partial charge in [-0.05, 0) is 59.8 Å². The van der Waals surface area contributed by atoms with Crippen molar-refractivity contribution in [1.29, 1.82) is 0 Å². The highest BCUT2D eigenvalue weighted by Crippen LogP contribution is 2.31. The predicted octanol–water partition coefficient (Wildman–Crippen LogP) is 3.86. The average molecular weight is 540 g/mol. The molecule has 0 aliphatic rings. The normalized spacial score (nSPS) is 12.4. The van der Waals surface area contributed by atoms with Crippen LogP contribution in [0.3, 0.4) is 0 Å². The van der Waals surface area contributed by atoms with E-state index >= 15 is 0 Å². The van der Waals surface area contributed by atoms with Gasteiger partial charge in [0.1, 0.15) is 15.8 Å². The Kier molecular flexibility index (Phi) is 5.18. The van der Waals surface area contributed by atoms with Gasteiger partial charge >= 0.3 is 0 Å². The Morgan fingerprint density at radius 3 is 2.77 bits per heavy atom. The topological polar surface area (TPSA) is 94.4 Å². The number of fused-ring (bicyclic) bond motifs is 3. The smallest absolute Gasteiger partial charge is 0.261 e. The quantitative estimate of drug-likeness (QED) is 0.385. The molecule has 1 unspecified atom stereocenters. The number of amides is 1. The second-order valence-electron chi connectivity index (χ2n) is 6.90. The first-order valence-corrected chi connectivity index (χ1v) is 10.3. The van der Waals surface area contributed by atoms with Crippen LogP contribution in [0.5, 0.6) is 0 Å². The zero-order chi connectivity index (χ0) is 21.7. The van der Waals surface area contributed by atoms with E-state index in [1.165, 1.54) is 16.7 Å². The molecule has 0 spiro atoms. The van der Waals surface area contributed by atoms with Crippen molar-refractivity contribution in [2.75, 3.05) is 5.32 Å². The van der Waals surface area contributed by atoms with Crippen molar-refractivity contribution in [3.05, 3.63) is 72.7 Å². The van der Waals surface area contributed by atoms with Crippen LogP contribution in [-0.2, 0) is 7.05 Å². The minimum absolute atomic E-state index is 0.0337. The Labute approximate surface area is 188 Å². The van der Waals surface area contributed by atoms with Crippen molar-refractivity contribution in [1.82, 2.24) is 14.0 Å². The predicted molar refractivity (Wildman–Crippen MR) is 123 cm³/mol. The molecule has 0 aliphatic heterocycles. The lowest BCUT2D eigenvalue weighted by Gasteiger charge is -2.21. The summed E-state index contributed by atoms with van der Waals surface area (Å²) in [6.45, 7) is 1.85. The maximum absolute atomic E-state index is 13.6. The largest absolute Gasteiger partial charge is 0.378 e. The zero-order valence-corrected chi connectivity index (χ0v) is 18.8. The Balaban J connectivity index is 1.95. The van der Waals surface area contributed by atoms with Crippen LogP contribution in [0, 0.1) is 9.52 Å². The molecule has 0 radical (unpaired) electrons. The molecule has 0 saturated heterocycles. The molecule has 154 valence electrons. The maximum atomic E-state index is 13.6. The fourth-order valence-corrected chi connectivity index (χ4v) is 4.57. The van der Waals surface area contributed by atoms with Crippen LogP contribution in [-0.4, -0.2) is 19.9 Å². The van der Waals surface area contributed by atoms with Crippen molar-refractivity contribution in [2.45, 2.75) is 13.0 Å². The van der Waals surface area contributed by atoms with Crippen LogP contribution in [0.15, 0.2) is 41.5 Å². The number of aromatic nitrogens is 3. The number of rotatable bonds is 4. The highest BCUT2D eigenvalue weighted by Gasteiger charge is 2.20. The Bertz CT molecular complexity index is 1400. The number of benzene rings is 2. The number of aryl methyl sites for hydroxylation is 1. The summed E-state index contributed by atoms with van der Waals surface area (Å²) in [6.07, 6.45) is 1.65. The summed E-state index contributed by atoms with van der Waals surface area (Å²) < 4.78 is 17.6. The SMILES string of the molecule is CC(Nc1ccc(F)cc1C(N)=O)c1cc(Cl)cc2c(=O)n(C)c3c(I)ncn3c12. The third-order valence-electron chi connectivity index (χ3n) is 4.98. The number of carbonyl (C=O) groups is 1. The molecule has 4 aromatic rings. The van der Waals surface area contributed by atoms with Gasteiger partial charge in [0.2, 0.25) is 0 Å². The summed E-state index contributed by atoms with van der Waals surface area (Å²) in [7, 11) is 1.68. The molecule has 3 N–H and O–H groups in total. The van der Waals surface area contributed by atoms with Crippen molar-refractivity contribution < 1.29 is 9.18 Å². The van der Waals surface area contributed by atoms with Gasteiger partial charge in [-0.2, -0.15) is 0 Å². The van der Waals surface area contributed by atoms with Crippen LogP contribution < -0.4 is 16.6 Å². The van der Waals surface area contributed by atoms with Gasteiger partial charge in [-0.25, -0.2) is 9.37 Å². The number of hydrogen-bond acceptors (Lipinski definition) is 4. The lowest BCUT2D eigenvalue weighted by atomic mass is 10.0. The molecule has 1 atom stereocenters. The number of carbonyl (C=O) groups excluding carboxylic acids is 1. The first-order chi connectivity index (χ1) is 14.2. The van der Waals surface area contributed by atoms with Crippen LogP contribution in [0.4, 0.5) is 10.1 Å². The average Bonchev–Trinajstić information content (AvgIpc) is 3.08. The monoisotopic (exact) mass is 539 g/mol. The number of anilines is 1. The molecule has 30 heavy (non-hydrogen) atoms. The molecule has 1 amide bonds. The van der Waals surface area contributed by atoms with Crippen molar-refractivity contribution in [3.8, 4) is 0 Å². The van der Waals surface area contributed by atoms with Crippen LogP contribution in [0.2, 0.25) is 5.02 Å². The zero-order valence-electron chi connectivity index (χ0n) is 15.9. The number of nitrogens with one attached hydrogen (secondary N) is 1. The lowest BCUT2D eigenvalue weighted by molar-refractivity contribution is 0.100. The van der Waals surface area contributed by atoms with Gasteiger partial charge in [-0.15, -0.1) is 0 Å². The summed E-state index contributed by atoms with van der Waals surface area (Å²) in [5.74, 6) is -1.31. The van der Waals surface area contributed by atoms with Gasteiger partial charge < -0.3 is 11.1 Å². The fourth-order valence-electron chi connectivity index (χ4n) is 3.60. The van der Waals surface area contributed by atoms with Gasteiger partial charge in [0.25, 0.3) is 11.5 Å². The molecule has 2 aromatic heterocycles. The number of hydrogen-bond donors (Lipinski definition) is 2. The molecule has 0 aliphatic carbocycles. The first kappa shape index (κ1) is 20.6. The summed E-state index contributed by atoms with van der Waals surface area (Å²) >= 11 is 8.41. The van der Waals surface area contributed by atoms with E-state index in [2.05, 4.69) is 32.9 Å². The number of halogens is 3. The molecule has 7 nitrogen and oxygen atoms in total. The highest BCUT2D eigenvalue weighted by atomic mass is 127. The molecule has 0 fully saturated rings. The first-order valence-electron chi connectivity index (χ1n) is 8.89. The Hall–Kier alpha value is -2.66. The number of imidazole rings is 1. The van der Waals surface area contributed by atoms with E-state index in [0.29, 0.717) is 36.5 Å². The van der Waals surface area contributed by atoms with Crippen LogP contribution in [0.1, 0.15) is 28.9 Å². The third kappa shape index (κ3) is 3.31. The van der Waals surface area contributed by atoms with E-state index < -0.39 is 17.8 Å². The van der Waals surface area contributed by atoms with Crippen molar-refractivity contribution in [3.63, 3.8) is 0 Å². The number of nitrogens with zero attached hydrogens (tertiary/aromatic N) is 3. The van der Waals surface area contributed by atoms with Gasteiger partial charge in [0.15, 0.2) is 5.65 Å². The highest BCUT2D eigenvalue weighted by molar-refractivity contribution is 14.1. The van der Waals surface area contributed by atoms with Gasteiger partial charge in [0, 0.05) is 23.3 Å². The summed E-state index contributed by atoms with van der Waals surface area (Å²) in [4.78, 5) is 29.1. The second-order valence-corrected chi connectivity index (χ2v) is 8.36. The lowest BCUT2D eigenvalue weighted by Crippen LogP contribution is -2.22. The van der Waals surface area contributed by atoms with Gasteiger partial charge in [-0.3, -0.25) is 18.6 Å². The molecule has 4 rings (SSSR count). The number of primary amides is 1. The van der Waals surface area contributed by atoms with E-state index in [-0.39, 0.29) is 11.1 Å². The standard InChI is InChI=1S/C20H16ClFIN5O2/c1-9(26-15-4-3-11(22)7-13(15)18(24)29)12-5-10(21)6-14-16(12)28-8-25-17(23)19(28)27(2)20(14)30/h3-9,26H,1-2H3,(H2,24,29). The summed E-state index contributed by atoms with van der Waals surface area (Å²) in [5, 5.41) is 4.02. The van der Waals surface area contributed by atoms with E-state index in [4.69, 9.17) is 17.3 Å². The molecular weight excluding hydrogens is 524 g/mol. The van der Waals surface area contributed by atoms with Crippen molar-refractivity contribution in [2.24, 2.45) is 12.8 Å². The Morgan fingerprint density at radius 1 is 1.33 bits per heavy atom. The molecule has 2 aromatic carbocycles. The Morgan fingerprint density at radius 2 is 2.07 bits per heavy atom.